The van der Waals surface area contributed by atoms with Gasteiger partial charge in [-0.05, 0) is 29.3 Å². The van der Waals surface area contributed by atoms with E-state index in [2.05, 4.69) is 15.5 Å². The van der Waals surface area contributed by atoms with E-state index in [9.17, 15) is 24.6 Å². The fourth-order valence-electron chi connectivity index (χ4n) is 5.77. The Morgan fingerprint density at radius 2 is 1.89 bits per heavy atom. The maximum absolute atomic E-state index is 13.6. The number of halogens is 1. The molecule has 0 radical (unpaired) electrons. The molecule has 1 saturated heterocycles. The van der Waals surface area contributed by atoms with E-state index in [4.69, 9.17) is 20.0 Å². The summed E-state index contributed by atoms with van der Waals surface area (Å²) < 4.78 is 11.3. The van der Waals surface area contributed by atoms with E-state index in [1.165, 1.54) is 18.9 Å². The summed E-state index contributed by atoms with van der Waals surface area (Å²) in [5.41, 5.74) is 7.51. The molecule has 2 aliphatic heterocycles. The van der Waals surface area contributed by atoms with E-state index in [0.717, 1.165) is 16.9 Å². The number of ketones is 1. The maximum atomic E-state index is 13.6. The van der Waals surface area contributed by atoms with Crippen LogP contribution in [0.15, 0.2) is 58.1 Å². The number of anilines is 1. The number of Topliss-reactive ketones (excluding diaryl/α,β-unsaturated/α-hetero) is 1. The summed E-state index contributed by atoms with van der Waals surface area (Å²) in [4.78, 5) is 49.3. The molecule has 0 spiro atoms. The summed E-state index contributed by atoms with van der Waals surface area (Å²) in [5, 5.41) is 28.0. The predicted octanol–water partition coefficient (Wildman–Crippen LogP) is -2.33. The number of amides is 1. The van der Waals surface area contributed by atoms with Crippen molar-refractivity contribution in [1.29, 1.82) is 0 Å². The topological polar surface area (TPSA) is 183 Å². The molecule has 1 saturated carbocycles. The van der Waals surface area contributed by atoms with Crippen LogP contribution in [0.25, 0.3) is 0 Å². The third-order valence-electron chi connectivity index (χ3n) is 8.12. The average molecular weight is 786 g/mol. The summed E-state index contributed by atoms with van der Waals surface area (Å²) in [7, 11) is 4.80. The highest BCUT2D eigenvalue weighted by molar-refractivity contribution is 8.00. The lowest BCUT2D eigenvalue weighted by Gasteiger charge is -2.46. The predicted molar refractivity (Wildman–Crippen MR) is 169 cm³/mol. The lowest BCUT2D eigenvalue weighted by molar-refractivity contribution is -0.894. The number of aliphatic hydroxyl groups excluding tert-OH is 2. The molecule has 2 fully saturated rings. The number of oxime groups is 1. The van der Waals surface area contributed by atoms with E-state index in [1.807, 2.05) is 19.2 Å². The third kappa shape index (κ3) is 7.74. The van der Waals surface area contributed by atoms with Gasteiger partial charge in [-0.25, -0.2) is 9.78 Å². The number of nitrogens with zero attached hydrogens (tertiary/aromatic N) is 3. The molecule has 5 rings (SSSR count). The number of benzene rings is 1. The van der Waals surface area contributed by atoms with Crippen molar-refractivity contribution in [2.45, 2.75) is 30.1 Å². The van der Waals surface area contributed by atoms with Crippen molar-refractivity contribution in [3.05, 3.63) is 64.2 Å². The third-order valence-corrected chi connectivity index (χ3v) is 10.2. The Hall–Kier alpha value is -3.03. The molecule has 1 aromatic heterocycles. The van der Waals surface area contributed by atoms with Crippen molar-refractivity contribution in [2.75, 3.05) is 52.4 Å². The summed E-state index contributed by atoms with van der Waals surface area (Å²) in [5.74, 6) is -1.28. The Balaban J connectivity index is 0.00000480. The second-order valence-electron chi connectivity index (χ2n) is 11.4. The molecule has 2 aromatic rings. The van der Waals surface area contributed by atoms with Crippen molar-refractivity contribution in [3.8, 4) is 5.75 Å². The quantitative estimate of drug-likeness (QED) is 0.0631. The highest BCUT2D eigenvalue weighted by atomic mass is 127. The molecule has 13 nitrogen and oxygen atoms in total. The number of fused-ring (bicyclic) bond motifs is 1. The van der Waals surface area contributed by atoms with Crippen LogP contribution in [0.5, 0.6) is 5.75 Å². The first-order valence-corrected chi connectivity index (χ1v) is 16.1. The first kappa shape index (κ1) is 35.8. The molecule has 3 heterocycles. The summed E-state index contributed by atoms with van der Waals surface area (Å²) in [6.45, 7) is 1.32. The normalized spacial score (nSPS) is 27.5. The SMILES string of the molecule is CO/N=C(\C(=O)N[C@@H]1C(=O)C2C(C(=O)OCc3ccc(OC)cc3)=C(/C=C/C[N+]3(C)C[C@@H](O)[C@@H](O)C3)CS[C@@H]21)c1csc(N)n1.[I-]. The zero-order valence-corrected chi connectivity index (χ0v) is 29.2. The van der Waals surface area contributed by atoms with Gasteiger partial charge < -0.3 is 64.0 Å². The van der Waals surface area contributed by atoms with Gasteiger partial charge in [-0.2, -0.15) is 11.8 Å². The molecule has 1 amide bonds. The first-order valence-electron chi connectivity index (χ1n) is 14.2. The number of hydrogen-bond acceptors (Lipinski definition) is 13. The smallest absolute Gasteiger partial charge is 0.335 e. The van der Waals surface area contributed by atoms with Crippen LogP contribution in [0.4, 0.5) is 5.13 Å². The number of allylic oxidation sites excluding steroid dienone is 1. The second kappa shape index (κ2) is 15.2. The fraction of sp³-hybridized carbons (Fsp3) is 0.433. The zero-order valence-electron chi connectivity index (χ0n) is 25.4. The van der Waals surface area contributed by atoms with Gasteiger partial charge in [0.15, 0.2) is 16.6 Å². The van der Waals surface area contributed by atoms with Gasteiger partial charge in [-0.15, -0.1) is 11.3 Å². The Bertz CT molecular complexity index is 1540. The van der Waals surface area contributed by atoms with Gasteiger partial charge in [0.1, 0.15) is 56.5 Å². The second-order valence-corrected chi connectivity index (χ2v) is 13.4. The van der Waals surface area contributed by atoms with Gasteiger partial charge >= 0.3 is 5.97 Å². The number of thioether (sulfide) groups is 1. The van der Waals surface area contributed by atoms with Crippen LogP contribution in [-0.2, 0) is 30.6 Å². The number of ether oxygens (including phenoxy) is 2. The summed E-state index contributed by atoms with van der Waals surface area (Å²) in [6.07, 6.45) is 2.13. The van der Waals surface area contributed by atoms with E-state index < -0.39 is 41.3 Å². The van der Waals surface area contributed by atoms with E-state index in [1.54, 1.807) is 36.8 Å². The molecular weight excluding hydrogens is 749 g/mol. The van der Waals surface area contributed by atoms with Gasteiger partial charge in [0.25, 0.3) is 5.91 Å². The van der Waals surface area contributed by atoms with Crippen LogP contribution < -0.4 is 39.8 Å². The van der Waals surface area contributed by atoms with Crippen LogP contribution in [0.3, 0.4) is 0 Å². The van der Waals surface area contributed by atoms with Crippen LogP contribution in [0, 0.1) is 5.92 Å². The van der Waals surface area contributed by atoms with E-state index in [0.29, 0.717) is 41.2 Å². The summed E-state index contributed by atoms with van der Waals surface area (Å²) >= 11 is 2.61. The van der Waals surface area contributed by atoms with E-state index >= 15 is 0 Å². The van der Waals surface area contributed by atoms with Crippen LogP contribution >= 0.6 is 23.1 Å². The molecule has 5 N–H and O–H groups in total. The Morgan fingerprint density at radius 1 is 1.20 bits per heavy atom. The van der Waals surface area contributed by atoms with Crippen LogP contribution in [-0.4, -0.2) is 113 Å². The number of hydrogen-bond donors (Lipinski definition) is 4. The first-order chi connectivity index (χ1) is 21.5. The Kier molecular flexibility index (Phi) is 11.9. The van der Waals surface area contributed by atoms with Crippen molar-refractivity contribution >= 4 is 51.6 Å². The minimum absolute atomic E-state index is 0. The largest absolute Gasteiger partial charge is 1.00 e. The number of likely N-dealkylation sites (N-methyl/N-ethyl adjacent to an activating group) is 1. The van der Waals surface area contributed by atoms with Crippen molar-refractivity contribution in [1.82, 2.24) is 10.3 Å². The minimum atomic E-state index is -0.863. The molecule has 6 atom stereocenters. The number of aromatic nitrogens is 1. The molecule has 1 aliphatic carbocycles. The highest BCUT2D eigenvalue weighted by Gasteiger charge is 2.56. The van der Waals surface area contributed by atoms with Crippen molar-refractivity contribution < 1.29 is 67.4 Å². The van der Waals surface area contributed by atoms with Gasteiger partial charge in [0.05, 0.1) is 32.2 Å². The number of methoxy groups -OCH3 is 1. The molecule has 1 aromatic carbocycles. The number of nitrogens with one attached hydrogen (secondary N) is 1. The zero-order chi connectivity index (χ0) is 32.3. The lowest BCUT2D eigenvalue weighted by Crippen LogP contribution is -3.00. The number of quaternary nitrogens is 1. The number of carbonyl (C=O) groups is 3. The molecule has 2 unspecified atom stereocenters. The van der Waals surface area contributed by atoms with E-state index in [-0.39, 0.29) is 58.5 Å². The number of aliphatic hydroxyl groups is 2. The number of nitrogen functional groups attached to an aromatic ring is 1. The molecule has 16 heteroatoms. The highest BCUT2D eigenvalue weighted by Crippen LogP contribution is 2.46. The van der Waals surface area contributed by atoms with Gasteiger partial charge in [0, 0.05) is 16.4 Å². The van der Waals surface area contributed by atoms with Crippen molar-refractivity contribution in [3.63, 3.8) is 0 Å². The Labute approximate surface area is 291 Å². The number of nitrogens with two attached hydrogens (primary N) is 1. The summed E-state index contributed by atoms with van der Waals surface area (Å²) in [6, 6.07) is 6.25. The van der Waals surface area contributed by atoms with Crippen LogP contribution in [0.2, 0.25) is 0 Å². The number of carbonyl (C=O) groups excluding carboxylic acids is 3. The number of likely N-dealkylation sites (tertiary alicyclic amines) is 1. The number of esters is 1. The van der Waals surface area contributed by atoms with Gasteiger partial charge in [0.2, 0.25) is 0 Å². The molecule has 0 bridgehead atoms. The molecule has 248 valence electrons. The monoisotopic (exact) mass is 785 g/mol. The number of rotatable bonds is 11. The minimum Gasteiger partial charge on any atom is -1.00 e. The fourth-order valence-corrected chi connectivity index (χ4v) is 7.80. The standard InChI is InChI=1S/C30H35N5O8S2.HI/c1-35(11-20(36)21(37)12-35)10-4-5-17-14-44-27-23(22(17)29(40)43-13-16-6-8-18(41-2)9-7-16)26(38)25(27)33-28(39)24(34-42-3)19-15-45-30(31)32-19;/h4-9,15,20-21,23,25,27,36-37H,10-14H2,1-3H3,(H2-,31,32,33,39);1H/b5-4+,34-24-;/t20-,21+,23?,25-,27+,35?;/m1./s1. The molecule has 46 heavy (non-hydrogen) atoms. The lowest BCUT2D eigenvalue weighted by atomic mass is 9.71. The Morgan fingerprint density at radius 3 is 2.50 bits per heavy atom. The van der Waals surface area contributed by atoms with Gasteiger partial charge in [-0.3, -0.25) is 9.59 Å². The maximum Gasteiger partial charge on any atom is 0.335 e. The molecule has 3 aliphatic rings. The van der Waals surface area contributed by atoms with Gasteiger partial charge in [-0.1, -0.05) is 23.4 Å². The average Bonchev–Trinajstić information content (AvgIpc) is 3.57. The van der Waals surface area contributed by atoms with Crippen molar-refractivity contribution in [2.24, 2.45) is 11.1 Å². The van der Waals surface area contributed by atoms with Crippen LogP contribution in [0.1, 0.15) is 11.3 Å². The molecular formula is C30H36IN5O8S2. The number of thiazole rings is 1.